The Morgan fingerprint density at radius 1 is 1.38 bits per heavy atom. The molecule has 5 nitrogen and oxygen atoms in total. The Morgan fingerprint density at radius 2 is 2.17 bits per heavy atom. The molecule has 0 saturated carbocycles. The molecule has 1 aliphatic heterocycles. The molecule has 2 heterocycles. The predicted molar refractivity (Wildman–Crippen MR) is 89.1 cm³/mol. The third-order valence-corrected chi connectivity index (χ3v) is 4.33. The molecule has 0 spiro atoms. The number of benzene rings is 1. The number of alkyl halides is 2. The number of aliphatic imine (C=N–C) groups is 1. The standard InChI is InChI=1S/C17H21F2N5/c1-20-17(22-11-15-21-8-10-24(15)16(18)19)23-9-7-14(12-23)13-5-3-2-4-6-13/h2-6,8,10,14,16H,7,9,11-12H2,1H3,(H,20,22). The van der Waals surface area contributed by atoms with E-state index in [1.807, 2.05) is 6.07 Å². The van der Waals surface area contributed by atoms with Gasteiger partial charge in [0.25, 0.3) is 0 Å². The van der Waals surface area contributed by atoms with Crippen LogP contribution in [0, 0.1) is 0 Å². The van der Waals surface area contributed by atoms with Crippen molar-refractivity contribution < 1.29 is 8.78 Å². The van der Waals surface area contributed by atoms with Crippen molar-refractivity contribution in [1.82, 2.24) is 19.8 Å². The molecule has 1 aromatic heterocycles. The summed E-state index contributed by atoms with van der Waals surface area (Å²) >= 11 is 0. The Bertz CT molecular complexity index is 683. The first-order valence-electron chi connectivity index (χ1n) is 7.99. The Balaban J connectivity index is 1.60. The highest BCUT2D eigenvalue weighted by Crippen LogP contribution is 2.26. The number of hydrogen-bond donors (Lipinski definition) is 1. The Hall–Kier alpha value is -2.44. The third-order valence-electron chi connectivity index (χ3n) is 4.33. The molecule has 0 aliphatic carbocycles. The molecule has 1 atom stereocenters. The van der Waals surface area contributed by atoms with E-state index in [1.165, 1.54) is 18.0 Å². The van der Waals surface area contributed by atoms with Gasteiger partial charge in [-0.15, -0.1) is 0 Å². The highest BCUT2D eigenvalue weighted by Gasteiger charge is 2.26. The smallest absolute Gasteiger partial charge is 0.319 e. The first kappa shape index (κ1) is 16.4. The second-order valence-corrected chi connectivity index (χ2v) is 5.77. The van der Waals surface area contributed by atoms with E-state index in [9.17, 15) is 8.78 Å². The summed E-state index contributed by atoms with van der Waals surface area (Å²) in [6.45, 7) is -0.605. The molecule has 7 heteroatoms. The SMILES string of the molecule is CN=C(NCc1nccn1C(F)F)N1CCC(c2ccccc2)C1. The zero-order valence-electron chi connectivity index (χ0n) is 13.6. The van der Waals surface area contributed by atoms with Crippen LogP contribution in [0.4, 0.5) is 8.78 Å². The monoisotopic (exact) mass is 333 g/mol. The number of imidazole rings is 1. The van der Waals surface area contributed by atoms with Gasteiger partial charge in [0, 0.05) is 38.4 Å². The molecule has 24 heavy (non-hydrogen) atoms. The van der Waals surface area contributed by atoms with Crippen LogP contribution in [0.25, 0.3) is 0 Å². The second kappa shape index (κ2) is 7.42. The zero-order chi connectivity index (χ0) is 16.9. The highest BCUT2D eigenvalue weighted by molar-refractivity contribution is 5.80. The van der Waals surface area contributed by atoms with Crippen LogP contribution in [0.3, 0.4) is 0 Å². The second-order valence-electron chi connectivity index (χ2n) is 5.77. The van der Waals surface area contributed by atoms with Crippen molar-refractivity contribution >= 4 is 5.96 Å². The van der Waals surface area contributed by atoms with Gasteiger partial charge in [-0.25, -0.2) is 4.98 Å². The number of rotatable bonds is 4. The van der Waals surface area contributed by atoms with Crippen molar-refractivity contribution in [1.29, 1.82) is 0 Å². The number of likely N-dealkylation sites (tertiary alicyclic amines) is 1. The van der Waals surface area contributed by atoms with Gasteiger partial charge in [-0.2, -0.15) is 8.78 Å². The van der Waals surface area contributed by atoms with Gasteiger partial charge >= 0.3 is 6.55 Å². The summed E-state index contributed by atoms with van der Waals surface area (Å²) in [4.78, 5) is 10.4. The van der Waals surface area contributed by atoms with Crippen LogP contribution in [0.1, 0.15) is 30.3 Å². The molecular formula is C17H21F2N5. The minimum absolute atomic E-state index is 0.219. The van der Waals surface area contributed by atoms with Crippen molar-refractivity contribution in [3.05, 3.63) is 54.1 Å². The van der Waals surface area contributed by atoms with Crippen LogP contribution in [0.2, 0.25) is 0 Å². The predicted octanol–water partition coefficient (Wildman–Crippen LogP) is 2.84. The van der Waals surface area contributed by atoms with Gasteiger partial charge in [0.2, 0.25) is 0 Å². The molecule has 1 saturated heterocycles. The van der Waals surface area contributed by atoms with Gasteiger partial charge in [0.05, 0.1) is 6.54 Å². The maximum atomic E-state index is 12.9. The minimum Gasteiger partial charge on any atom is -0.349 e. The molecule has 1 aromatic carbocycles. The summed E-state index contributed by atoms with van der Waals surface area (Å²) in [5.41, 5.74) is 1.32. The van der Waals surface area contributed by atoms with E-state index in [0.29, 0.717) is 11.7 Å². The van der Waals surface area contributed by atoms with Gasteiger partial charge in [-0.05, 0) is 12.0 Å². The normalized spacial score (nSPS) is 18.4. The van der Waals surface area contributed by atoms with E-state index in [2.05, 4.69) is 44.5 Å². The number of halogens is 2. The van der Waals surface area contributed by atoms with E-state index in [0.717, 1.165) is 30.0 Å². The Kier molecular flexibility index (Phi) is 5.08. The van der Waals surface area contributed by atoms with E-state index in [-0.39, 0.29) is 6.54 Å². The van der Waals surface area contributed by atoms with Gasteiger partial charge in [0.1, 0.15) is 5.82 Å². The van der Waals surface area contributed by atoms with Crippen LogP contribution < -0.4 is 5.32 Å². The minimum atomic E-state index is -2.58. The maximum absolute atomic E-state index is 12.9. The van der Waals surface area contributed by atoms with Crippen molar-refractivity contribution in [3.63, 3.8) is 0 Å². The van der Waals surface area contributed by atoms with Crippen LogP contribution in [-0.2, 0) is 6.54 Å². The number of nitrogens with one attached hydrogen (secondary N) is 1. The molecule has 0 amide bonds. The molecule has 1 N–H and O–H groups in total. The molecule has 1 fully saturated rings. The fourth-order valence-electron chi connectivity index (χ4n) is 3.10. The number of aromatic nitrogens is 2. The number of hydrogen-bond acceptors (Lipinski definition) is 2. The molecule has 3 rings (SSSR count). The zero-order valence-corrected chi connectivity index (χ0v) is 13.6. The fraction of sp³-hybridized carbons (Fsp3) is 0.412. The first-order valence-corrected chi connectivity index (χ1v) is 7.99. The third kappa shape index (κ3) is 3.55. The lowest BCUT2D eigenvalue weighted by Gasteiger charge is -2.22. The summed E-state index contributed by atoms with van der Waals surface area (Å²) < 4.78 is 26.6. The van der Waals surface area contributed by atoms with Gasteiger partial charge in [-0.3, -0.25) is 9.56 Å². The molecular weight excluding hydrogens is 312 g/mol. The lowest BCUT2D eigenvalue weighted by molar-refractivity contribution is 0.0668. The Labute approximate surface area is 140 Å². The average molecular weight is 333 g/mol. The van der Waals surface area contributed by atoms with Crippen LogP contribution in [0.15, 0.2) is 47.7 Å². The van der Waals surface area contributed by atoms with Crippen LogP contribution >= 0.6 is 0 Å². The first-order chi connectivity index (χ1) is 11.7. The van der Waals surface area contributed by atoms with Crippen LogP contribution in [-0.4, -0.2) is 40.5 Å². The van der Waals surface area contributed by atoms with E-state index < -0.39 is 6.55 Å². The van der Waals surface area contributed by atoms with E-state index >= 15 is 0 Å². The largest absolute Gasteiger partial charge is 0.349 e. The van der Waals surface area contributed by atoms with Crippen molar-refractivity contribution in [2.75, 3.05) is 20.1 Å². The Morgan fingerprint density at radius 3 is 2.88 bits per heavy atom. The summed E-state index contributed by atoms with van der Waals surface area (Å²) in [6, 6.07) is 10.4. The lowest BCUT2D eigenvalue weighted by atomic mass is 9.99. The molecule has 2 aromatic rings. The topological polar surface area (TPSA) is 45.5 Å². The molecule has 1 unspecified atom stereocenters. The lowest BCUT2D eigenvalue weighted by Crippen LogP contribution is -2.40. The van der Waals surface area contributed by atoms with Gasteiger partial charge < -0.3 is 10.2 Å². The molecule has 128 valence electrons. The summed E-state index contributed by atoms with van der Waals surface area (Å²) in [5, 5.41) is 3.14. The van der Waals surface area contributed by atoms with Gasteiger partial charge in [0.15, 0.2) is 5.96 Å². The molecule has 1 aliphatic rings. The van der Waals surface area contributed by atoms with Crippen molar-refractivity contribution in [2.24, 2.45) is 4.99 Å². The highest BCUT2D eigenvalue weighted by atomic mass is 19.3. The number of guanidine groups is 1. The van der Waals surface area contributed by atoms with Crippen LogP contribution in [0.5, 0.6) is 0 Å². The summed E-state index contributed by atoms with van der Waals surface area (Å²) in [5.74, 6) is 1.48. The molecule has 0 radical (unpaired) electrons. The van der Waals surface area contributed by atoms with E-state index in [4.69, 9.17) is 0 Å². The number of nitrogens with zero attached hydrogens (tertiary/aromatic N) is 4. The summed E-state index contributed by atoms with van der Waals surface area (Å²) in [7, 11) is 1.71. The maximum Gasteiger partial charge on any atom is 0.319 e. The van der Waals surface area contributed by atoms with Crippen molar-refractivity contribution in [2.45, 2.75) is 25.4 Å². The van der Waals surface area contributed by atoms with Crippen molar-refractivity contribution in [3.8, 4) is 0 Å². The van der Waals surface area contributed by atoms with E-state index in [1.54, 1.807) is 7.05 Å². The fourth-order valence-corrected chi connectivity index (χ4v) is 3.10. The van der Waals surface area contributed by atoms with Gasteiger partial charge in [-0.1, -0.05) is 30.3 Å². The quantitative estimate of drug-likeness (QED) is 0.691. The molecule has 0 bridgehead atoms. The summed E-state index contributed by atoms with van der Waals surface area (Å²) in [6.07, 6.45) is 3.72. The average Bonchev–Trinajstić information content (AvgIpc) is 3.26.